The number of hydrogen-bond donors (Lipinski definition) is 2. The van der Waals surface area contributed by atoms with Gasteiger partial charge in [-0.15, -0.1) is 11.8 Å². The van der Waals surface area contributed by atoms with Gasteiger partial charge in [-0.3, -0.25) is 9.59 Å². The third-order valence-electron chi connectivity index (χ3n) is 3.82. The molecule has 2 rings (SSSR count). The van der Waals surface area contributed by atoms with E-state index >= 15 is 0 Å². The number of carbonyl (C=O) groups excluding carboxylic acids is 2. The zero-order valence-corrected chi connectivity index (χ0v) is 15.3. The number of amides is 2. The Bertz CT molecular complexity index is 793. The van der Waals surface area contributed by atoms with Crippen LogP contribution in [0.25, 0.3) is 0 Å². The van der Waals surface area contributed by atoms with E-state index in [0.717, 1.165) is 10.5 Å². The normalized spacial score (nSPS) is 10.4. The number of rotatable bonds is 6. The average Bonchev–Trinajstić information content (AvgIpc) is 2.61. The lowest BCUT2D eigenvalue weighted by atomic mass is 10.1. The molecule has 0 aromatic heterocycles. The van der Waals surface area contributed by atoms with Crippen LogP contribution in [-0.2, 0) is 0 Å². The van der Waals surface area contributed by atoms with E-state index in [1.54, 1.807) is 30.8 Å². The molecule has 2 aromatic carbocycles. The highest BCUT2D eigenvalue weighted by Gasteiger charge is 2.10. The third-order valence-corrected chi connectivity index (χ3v) is 4.54. The molecule has 0 aliphatic heterocycles. The van der Waals surface area contributed by atoms with E-state index < -0.39 is 5.82 Å². The summed E-state index contributed by atoms with van der Waals surface area (Å²) in [6, 6.07) is 10.1. The first kappa shape index (κ1) is 19.0. The molecule has 0 atom stereocenters. The average molecular weight is 360 g/mol. The number of aryl methyl sites for hydroxylation is 2. The second kappa shape index (κ2) is 8.67. The summed E-state index contributed by atoms with van der Waals surface area (Å²) in [4.78, 5) is 25.2. The van der Waals surface area contributed by atoms with Crippen molar-refractivity contribution in [1.82, 2.24) is 10.6 Å². The molecular formula is C19H21FN2O2S. The number of nitrogens with one attached hydrogen (secondary N) is 2. The molecule has 6 heteroatoms. The highest BCUT2D eigenvalue weighted by molar-refractivity contribution is 7.98. The topological polar surface area (TPSA) is 58.2 Å². The van der Waals surface area contributed by atoms with Gasteiger partial charge in [-0.25, -0.2) is 4.39 Å². The highest BCUT2D eigenvalue weighted by Crippen LogP contribution is 2.18. The maximum atomic E-state index is 13.5. The van der Waals surface area contributed by atoms with E-state index in [-0.39, 0.29) is 23.9 Å². The van der Waals surface area contributed by atoms with Crippen LogP contribution < -0.4 is 10.6 Å². The van der Waals surface area contributed by atoms with E-state index in [1.165, 1.54) is 6.07 Å². The van der Waals surface area contributed by atoms with Crippen LogP contribution in [0.15, 0.2) is 41.3 Å². The standard InChI is InChI=1S/C19H21FN2O2S/c1-12-5-7-15(25-3)11-16(12)19(24)22-9-8-21-18(23)14-6-4-13(2)17(20)10-14/h4-7,10-11H,8-9H2,1-3H3,(H,21,23)(H,22,24). The number of thioether (sulfide) groups is 1. The fourth-order valence-corrected chi connectivity index (χ4v) is 2.70. The van der Waals surface area contributed by atoms with Gasteiger partial charge in [-0.05, 0) is 55.5 Å². The summed E-state index contributed by atoms with van der Waals surface area (Å²) < 4.78 is 13.5. The Morgan fingerprint density at radius 1 is 0.960 bits per heavy atom. The van der Waals surface area contributed by atoms with Crippen molar-refractivity contribution in [3.63, 3.8) is 0 Å². The summed E-state index contributed by atoms with van der Waals surface area (Å²) in [5.41, 5.74) is 2.28. The molecular weight excluding hydrogens is 339 g/mol. The summed E-state index contributed by atoms with van der Waals surface area (Å²) in [5.74, 6) is -0.956. The minimum atomic E-state index is -0.412. The van der Waals surface area contributed by atoms with Crippen molar-refractivity contribution in [2.45, 2.75) is 18.7 Å². The monoisotopic (exact) mass is 360 g/mol. The Labute approximate surface area is 151 Å². The van der Waals surface area contributed by atoms with Crippen molar-refractivity contribution in [3.05, 3.63) is 64.5 Å². The summed E-state index contributed by atoms with van der Waals surface area (Å²) in [6.45, 7) is 4.08. The molecule has 0 saturated carbocycles. The molecule has 132 valence electrons. The molecule has 2 amide bonds. The smallest absolute Gasteiger partial charge is 0.251 e. The second-order valence-corrected chi connectivity index (χ2v) is 6.54. The molecule has 2 N–H and O–H groups in total. The van der Waals surface area contributed by atoms with Crippen LogP contribution in [0.3, 0.4) is 0 Å². The van der Waals surface area contributed by atoms with Crippen molar-refractivity contribution in [1.29, 1.82) is 0 Å². The summed E-state index contributed by atoms with van der Waals surface area (Å²) in [6.07, 6.45) is 1.95. The molecule has 2 aromatic rings. The second-order valence-electron chi connectivity index (χ2n) is 5.66. The van der Waals surface area contributed by atoms with Crippen LogP contribution in [0.2, 0.25) is 0 Å². The van der Waals surface area contributed by atoms with Gasteiger partial charge in [0.05, 0.1) is 0 Å². The lowest BCUT2D eigenvalue weighted by Crippen LogP contribution is -2.35. The van der Waals surface area contributed by atoms with Crippen molar-refractivity contribution in [2.24, 2.45) is 0 Å². The van der Waals surface area contributed by atoms with Crippen LogP contribution in [0, 0.1) is 19.7 Å². The van der Waals surface area contributed by atoms with E-state index in [9.17, 15) is 14.0 Å². The lowest BCUT2D eigenvalue weighted by Gasteiger charge is -2.10. The Hall–Kier alpha value is -2.34. The predicted molar refractivity (Wildman–Crippen MR) is 98.8 cm³/mol. The van der Waals surface area contributed by atoms with Crippen LogP contribution in [0.1, 0.15) is 31.8 Å². The van der Waals surface area contributed by atoms with Crippen LogP contribution in [-0.4, -0.2) is 31.2 Å². The molecule has 0 aliphatic carbocycles. The first-order chi connectivity index (χ1) is 11.9. The summed E-state index contributed by atoms with van der Waals surface area (Å²) in [5, 5.41) is 5.45. The number of benzene rings is 2. The molecule has 0 spiro atoms. The molecule has 0 unspecified atom stereocenters. The molecule has 4 nitrogen and oxygen atoms in total. The summed E-state index contributed by atoms with van der Waals surface area (Å²) >= 11 is 1.57. The van der Waals surface area contributed by atoms with Crippen molar-refractivity contribution < 1.29 is 14.0 Å². The predicted octanol–water partition coefficient (Wildman–Crippen LogP) is 3.32. The van der Waals surface area contributed by atoms with E-state index in [1.807, 2.05) is 31.4 Å². The lowest BCUT2D eigenvalue weighted by molar-refractivity contribution is 0.0927. The van der Waals surface area contributed by atoms with E-state index in [4.69, 9.17) is 0 Å². The van der Waals surface area contributed by atoms with Gasteiger partial charge in [-0.1, -0.05) is 12.1 Å². The van der Waals surface area contributed by atoms with Gasteiger partial charge in [-0.2, -0.15) is 0 Å². The maximum absolute atomic E-state index is 13.5. The van der Waals surface area contributed by atoms with Crippen molar-refractivity contribution in [2.75, 3.05) is 19.3 Å². The van der Waals surface area contributed by atoms with Gasteiger partial charge in [0.25, 0.3) is 11.8 Å². The SMILES string of the molecule is CSc1ccc(C)c(C(=O)NCCNC(=O)c2ccc(C)c(F)c2)c1. The fraction of sp³-hybridized carbons (Fsp3) is 0.263. The van der Waals surface area contributed by atoms with Crippen LogP contribution >= 0.6 is 11.8 Å². The van der Waals surface area contributed by atoms with Crippen LogP contribution in [0.5, 0.6) is 0 Å². The van der Waals surface area contributed by atoms with Gasteiger partial charge >= 0.3 is 0 Å². The minimum Gasteiger partial charge on any atom is -0.350 e. The Morgan fingerprint density at radius 2 is 1.60 bits per heavy atom. The largest absolute Gasteiger partial charge is 0.350 e. The maximum Gasteiger partial charge on any atom is 0.251 e. The first-order valence-electron chi connectivity index (χ1n) is 7.89. The summed E-state index contributed by atoms with van der Waals surface area (Å²) in [7, 11) is 0. The Morgan fingerprint density at radius 3 is 2.24 bits per heavy atom. The molecule has 0 saturated heterocycles. The van der Waals surface area contributed by atoms with Crippen LogP contribution in [0.4, 0.5) is 4.39 Å². The molecule has 0 fully saturated rings. The Balaban J connectivity index is 1.85. The van der Waals surface area contributed by atoms with Gasteiger partial charge in [0.15, 0.2) is 0 Å². The van der Waals surface area contributed by atoms with Crippen molar-refractivity contribution in [3.8, 4) is 0 Å². The molecule has 25 heavy (non-hydrogen) atoms. The highest BCUT2D eigenvalue weighted by atomic mass is 32.2. The first-order valence-corrected chi connectivity index (χ1v) is 9.12. The fourth-order valence-electron chi connectivity index (χ4n) is 2.26. The van der Waals surface area contributed by atoms with E-state index in [0.29, 0.717) is 17.7 Å². The molecule has 0 aliphatic rings. The van der Waals surface area contributed by atoms with Gasteiger partial charge in [0.2, 0.25) is 0 Å². The number of halogens is 1. The van der Waals surface area contributed by atoms with Crippen molar-refractivity contribution >= 4 is 23.6 Å². The molecule has 0 radical (unpaired) electrons. The zero-order chi connectivity index (χ0) is 18.4. The molecule has 0 bridgehead atoms. The molecule has 0 heterocycles. The quantitative estimate of drug-likeness (QED) is 0.614. The minimum absolute atomic E-state index is 0.177. The Kier molecular flexibility index (Phi) is 6.58. The van der Waals surface area contributed by atoms with E-state index in [2.05, 4.69) is 10.6 Å². The zero-order valence-electron chi connectivity index (χ0n) is 14.5. The van der Waals surface area contributed by atoms with Gasteiger partial charge in [0.1, 0.15) is 5.82 Å². The van der Waals surface area contributed by atoms with Gasteiger partial charge < -0.3 is 10.6 Å². The third kappa shape index (κ3) is 5.06. The van der Waals surface area contributed by atoms with Gasteiger partial charge in [0, 0.05) is 29.1 Å². The number of carbonyl (C=O) groups is 2. The number of hydrogen-bond acceptors (Lipinski definition) is 3.